The maximum Gasteiger partial charge on any atom is 0.124 e. The van der Waals surface area contributed by atoms with Gasteiger partial charge in [-0.15, -0.1) is 0 Å². The van der Waals surface area contributed by atoms with E-state index in [1.54, 1.807) is 0 Å². The lowest BCUT2D eigenvalue weighted by atomic mass is 10.1. The normalized spacial score (nSPS) is 16.5. The second kappa shape index (κ2) is 4.77. The van der Waals surface area contributed by atoms with Gasteiger partial charge >= 0.3 is 0 Å². The monoisotopic (exact) mass is 276 g/mol. The molecule has 0 radical (unpaired) electrons. The van der Waals surface area contributed by atoms with Crippen molar-refractivity contribution in [3.8, 4) is 5.75 Å². The first-order valence-electron chi connectivity index (χ1n) is 7.16. The van der Waals surface area contributed by atoms with Crippen molar-refractivity contribution in [2.45, 2.75) is 13.0 Å². The Hall–Kier alpha value is -2.55. The van der Waals surface area contributed by atoms with Crippen molar-refractivity contribution in [2.75, 3.05) is 11.9 Å². The highest BCUT2D eigenvalue weighted by Crippen LogP contribution is 2.35. The molecule has 21 heavy (non-hydrogen) atoms. The average Bonchev–Trinajstić information content (AvgIpc) is 2.90. The lowest BCUT2D eigenvalue weighted by Gasteiger charge is -2.16. The first kappa shape index (κ1) is 12.2. The van der Waals surface area contributed by atoms with E-state index in [2.05, 4.69) is 34.6 Å². The molecule has 3 nitrogen and oxygen atoms in total. The molecular formula is C18H16N2O. The highest BCUT2D eigenvalue weighted by molar-refractivity contribution is 5.91. The summed E-state index contributed by atoms with van der Waals surface area (Å²) in [6.45, 7) is 2.69. The molecule has 1 unspecified atom stereocenters. The fraction of sp³-hybridized carbons (Fsp3) is 0.167. The zero-order valence-electron chi connectivity index (χ0n) is 11.8. The number of nitrogens with zero attached hydrogens (tertiary/aromatic N) is 1. The van der Waals surface area contributed by atoms with Crippen molar-refractivity contribution in [3.05, 3.63) is 65.9 Å². The van der Waals surface area contributed by atoms with Gasteiger partial charge in [0.15, 0.2) is 0 Å². The number of pyridine rings is 1. The predicted molar refractivity (Wildman–Crippen MR) is 84.8 cm³/mol. The Bertz CT molecular complexity index is 813. The molecule has 1 aliphatic rings. The van der Waals surface area contributed by atoms with Crippen LogP contribution in [0.3, 0.4) is 0 Å². The third kappa shape index (κ3) is 2.11. The van der Waals surface area contributed by atoms with E-state index < -0.39 is 0 Å². The van der Waals surface area contributed by atoms with Crippen LogP contribution in [0.1, 0.15) is 17.3 Å². The summed E-state index contributed by atoms with van der Waals surface area (Å²) in [6, 6.07) is 18.7. The van der Waals surface area contributed by atoms with Crippen LogP contribution in [-0.2, 0) is 0 Å². The number of hydrogen-bond donors (Lipinski definition) is 1. The molecule has 3 heteroatoms. The maximum atomic E-state index is 5.75. The van der Waals surface area contributed by atoms with E-state index >= 15 is 0 Å². The lowest BCUT2D eigenvalue weighted by Crippen LogP contribution is -2.12. The molecule has 0 saturated carbocycles. The Labute approximate surface area is 123 Å². The largest absolute Gasteiger partial charge is 0.491 e. The zero-order chi connectivity index (χ0) is 14.2. The van der Waals surface area contributed by atoms with Crippen molar-refractivity contribution in [3.63, 3.8) is 0 Å². The highest BCUT2D eigenvalue weighted by atomic mass is 16.5. The molecule has 1 aromatic heterocycles. The molecule has 1 atom stereocenters. The fourth-order valence-corrected chi connectivity index (χ4v) is 2.90. The van der Waals surface area contributed by atoms with E-state index in [0.29, 0.717) is 6.61 Å². The molecule has 0 aliphatic carbocycles. The van der Waals surface area contributed by atoms with Crippen molar-refractivity contribution >= 4 is 16.6 Å². The van der Waals surface area contributed by atoms with Crippen LogP contribution >= 0.6 is 0 Å². The molecule has 104 valence electrons. The number of benzene rings is 2. The first-order chi connectivity index (χ1) is 10.3. The van der Waals surface area contributed by atoms with Gasteiger partial charge in [0.25, 0.3) is 0 Å². The second-order valence-corrected chi connectivity index (χ2v) is 5.37. The Kier molecular flexibility index (Phi) is 2.78. The second-order valence-electron chi connectivity index (χ2n) is 5.37. The van der Waals surface area contributed by atoms with Gasteiger partial charge in [0.05, 0.1) is 11.6 Å². The summed E-state index contributed by atoms with van der Waals surface area (Å²) >= 11 is 0. The third-order valence-electron chi connectivity index (χ3n) is 3.87. The number of ether oxygens (including phenoxy) is 1. The van der Waals surface area contributed by atoms with Crippen LogP contribution in [0.5, 0.6) is 5.75 Å². The fourth-order valence-electron chi connectivity index (χ4n) is 2.90. The molecule has 4 rings (SSSR count). The summed E-state index contributed by atoms with van der Waals surface area (Å²) in [7, 11) is 0. The van der Waals surface area contributed by atoms with E-state index in [4.69, 9.17) is 4.74 Å². The van der Waals surface area contributed by atoms with Crippen LogP contribution in [0.15, 0.2) is 54.6 Å². The molecule has 1 N–H and O–H groups in total. The van der Waals surface area contributed by atoms with E-state index in [1.165, 1.54) is 5.56 Å². The van der Waals surface area contributed by atoms with E-state index in [1.807, 2.05) is 37.3 Å². The minimum absolute atomic E-state index is 0.186. The number of anilines is 1. The molecule has 0 amide bonds. The van der Waals surface area contributed by atoms with Gasteiger partial charge in [-0.05, 0) is 25.1 Å². The zero-order valence-corrected chi connectivity index (χ0v) is 11.8. The Morgan fingerprint density at radius 1 is 1.10 bits per heavy atom. The Morgan fingerprint density at radius 2 is 1.90 bits per heavy atom. The van der Waals surface area contributed by atoms with Gasteiger partial charge in [-0.25, -0.2) is 0 Å². The molecule has 1 aliphatic heterocycles. The van der Waals surface area contributed by atoms with Crippen LogP contribution in [0.4, 0.5) is 5.69 Å². The minimum Gasteiger partial charge on any atom is -0.491 e. The molecule has 2 aromatic carbocycles. The van der Waals surface area contributed by atoms with Gasteiger partial charge in [-0.3, -0.25) is 4.98 Å². The lowest BCUT2D eigenvalue weighted by molar-refractivity contribution is 0.340. The summed E-state index contributed by atoms with van der Waals surface area (Å²) in [5, 5.41) is 4.76. The summed E-state index contributed by atoms with van der Waals surface area (Å²) in [5.41, 5.74) is 4.37. The number of para-hydroxylation sites is 2. The summed E-state index contributed by atoms with van der Waals surface area (Å²) < 4.78 is 5.75. The smallest absolute Gasteiger partial charge is 0.124 e. The topological polar surface area (TPSA) is 34.1 Å². The van der Waals surface area contributed by atoms with Gasteiger partial charge < -0.3 is 10.1 Å². The predicted octanol–water partition coefficient (Wildman–Crippen LogP) is 4.09. The van der Waals surface area contributed by atoms with Crippen molar-refractivity contribution < 1.29 is 4.74 Å². The number of aryl methyl sites for hydroxylation is 1. The number of hydrogen-bond acceptors (Lipinski definition) is 3. The summed E-state index contributed by atoms with van der Waals surface area (Å²) in [4.78, 5) is 4.58. The van der Waals surface area contributed by atoms with Crippen LogP contribution < -0.4 is 10.1 Å². The quantitative estimate of drug-likeness (QED) is 0.765. The van der Waals surface area contributed by atoms with Gasteiger partial charge in [0, 0.05) is 22.3 Å². The van der Waals surface area contributed by atoms with Crippen LogP contribution in [-0.4, -0.2) is 11.6 Å². The SMILES string of the molecule is Cc1cc(NC2COc3ccccc32)c2ccccc2n1. The third-order valence-corrected chi connectivity index (χ3v) is 3.87. The standard InChI is InChI=1S/C18H16N2O/c1-12-10-16(13-6-2-4-8-15(13)19-12)20-17-11-21-18-9-5-3-7-14(17)18/h2-10,17H,11H2,1H3,(H,19,20). The molecule has 0 bridgehead atoms. The Morgan fingerprint density at radius 3 is 2.86 bits per heavy atom. The number of fused-ring (bicyclic) bond motifs is 2. The number of nitrogens with one attached hydrogen (secondary N) is 1. The van der Waals surface area contributed by atoms with Crippen molar-refractivity contribution in [1.82, 2.24) is 4.98 Å². The van der Waals surface area contributed by atoms with Crippen LogP contribution in [0, 0.1) is 6.92 Å². The maximum absolute atomic E-state index is 5.75. The van der Waals surface area contributed by atoms with Gasteiger partial charge in [-0.2, -0.15) is 0 Å². The van der Waals surface area contributed by atoms with Gasteiger partial charge in [0.1, 0.15) is 12.4 Å². The van der Waals surface area contributed by atoms with Gasteiger partial charge in [-0.1, -0.05) is 36.4 Å². The van der Waals surface area contributed by atoms with Crippen molar-refractivity contribution in [2.24, 2.45) is 0 Å². The minimum atomic E-state index is 0.186. The highest BCUT2D eigenvalue weighted by Gasteiger charge is 2.23. The van der Waals surface area contributed by atoms with E-state index in [0.717, 1.165) is 28.0 Å². The molecule has 0 saturated heterocycles. The Balaban J connectivity index is 1.76. The summed E-state index contributed by atoms with van der Waals surface area (Å²) in [5.74, 6) is 0.977. The van der Waals surface area contributed by atoms with E-state index in [-0.39, 0.29) is 6.04 Å². The molecule has 0 spiro atoms. The van der Waals surface area contributed by atoms with Crippen LogP contribution in [0.25, 0.3) is 10.9 Å². The van der Waals surface area contributed by atoms with E-state index in [9.17, 15) is 0 Å². The molecular weight excluding hydrogens is 260 g/mol. The molecule has 0 fully saturated rings. The first-order valence-corrected chi connectivity index (χ1v) is 7.16. The number of rotatable bonds is 2. The van der Waals surface area contributed by atoms with Crippen LogP contribution in [0.2, 0.25) is 0 Å². The number of aromatic nitrogens is 1. The summed E-state index contributed by atoms with van der Waals surface area (Å²) in [6.07, 6.45) is 0. The average molecular weight is 276 g/mol. The van der Waals surface area contributed by atoms with Crippen molar-refractivity contribution in [1.29, 1.82) is 0 Å². The molecule has 3 aromatic rings. The van der Waals surface area contributed by atoms with Gasteiger partial charge in [0.2, 0.25) is 0 Å². The molecule has 2 heterocycles.